The minimum atomic E-state index is 0.0293. The first-order valence-electron chi connectivity index (χ1n) is 5.46. The van der Waals surface area contributed by atoms with Crippen LogP contribution in [0.1, 0.15) is 17.5 Å². The van der Waals surface area contributed by atoms with E-state index in [4.69, 9.17) is 11.7 Å². The highest BCUT2D eigenvalue weighted by Crippen LogP contribution is 2.19. The van der Waals surface area contributed by atoms with E-state index in [0.29, 0.717) is 25.1 Å². The first-order valence-corrected chi connectivity index (χ1v) is 5.46. The Morgan fingerprint density at radius 3 is 3.00 bits per heavy atom. The van der Waals surface area contributed by atoms with Gasteiger partial charge in [-0.05, 0) is 17.7 Å². The van der Waals surface area contributed by atoms with Gasteiger partial charge < -0.3 is 4.90 Å². The smallest absolute Gasteiger partial charge is 0.224 e. The van der Waals surface area contributed by atoms with Gasteiger partial charge in [0, 0.05) is 25.4 Å². The molecule has 0 aliphatic carbocycles. The number of nitrogens with zero attached hydrogens (tertiary/aromatic N) is 2. The average molecular weight is 224 g/mol. The van der Waals surface area contributed by atoms with Crippen molar-refractivity contribution in [2.45, 2.75) is 13.0 Å². The van der Waals surface area contributed by atoms with Crippen LogP contribution in [0.3, 0.4) is 0 Å². The number of benzene rings is 1. The van der Waals surface area contributed by atoms with Gasteiger partial charge >= 0.3 is 0 Å². The fourth-order valence-electron chi connectivity index (χ4n) is 2.00. The lowest BCUT2D eigenvalue weighted by molar-refractivity contribution is -0.128. The van der Waals surface area contributed by atoms with Crippen LogP contribution < -0.4 is 0 Å². The fourth-order valence-corrected chi connectivity index (χ4v) is 2.00. The van der Waals surface area contributed by atoms with Gasteiger partial charge in [0.1, 0.15) is 0 Å². The van der Waals surface area contributed by atoms with Crippen molar-refractivity contribution in [3.63, 3.8) is 0 Å². The Morgan fingerprint density at radius 2 is 2.35 bits per heavy atom. The normalized spacial score (nSPS) is 18.8. The maximum absolute atomic E-state index is 11.7. The van der Waals surface area contributed by atoms with Crippen molar-refractivity contribution >= 4 is 5.91 Å². The number of rotatable bonds is 2. The molecule has 17 heavy (non-hydrogen) atoms. The van der Waals surface area contributed by atoms with E-state index in [1.54, 1.807) is 17.0 Å². The lowest BCUT2D eigenvalue weighted by Gasteiger charge is -2.15. The second-order valence-electron chi connectivity index (χ2n) is 4.15. The number of likely N-dealkylation sites (tertiary alicyclic amines) is 1. The van der Waals surface area contributed by atoms with Crippen molar-refractivity contribution in [1.29, 1.82) is 5.26 Å². The Labute approximate surface area is 101 Å². The summed E-state index contributed by atoms with van der Waals surface area (Å²) in [4.78, 5) is 13.4. The minimum Gasteiger partial charge on any atom is -0.337 e. The Bertz CT molecular complexity index is 522. The summed E-state index contributed by atoms with van der Waals surface area (Å²) >= 11 is 0. The van der Waals surface area contributed by atoms with Crippen molar-refractivity contribution in [3.05, 3.63) is 35.4 Å². The summed E-state index contributed by atoms with van der Waals surface area (Å²) in [6.45, 7) is 1.15. The predicted molar refractivity (Wildman–Crippen MR) is 63.5 cm³/mol. The highest BCUT2D eigenvalue weighted by atomic mass is 16.2. The van der Waals surface area contributed by atoms with Gasteiger partial charge in [-0.3, -0.25) is 4.79 Å². The summed E-state index contributed by atoms with van der Waals surface area (Å²) < 4.78 is 0. The van der Waals surface area contributed by atoms with Crippen molar-refractivity contribution in [2.75, 3.05) is 6.54 Å². The number of carbonyl (C=O) groups is 1. The molecule has 1 saturated heterocycles. The molecule has 1 aliphatic rings. The zero-order valence-corrected chi connectivity index (χ0v) is 9.39. The number of carbonyl (C=O) groups excluding carboxylic acids is 1. The number of terminal acetylenes is 1. The lowest BCUT2D eigenvalue weighted by atomic mass is 10.1. The van der Waals surface area contributed by atoms with E-state index in [-0.39, 0.29) is 11.8 Å². The molecule has 0 bridgehead atoms. The Kier molecular flexibility index (Phi) is 3.12. The van der Waals surface area contributed by atoms with Crippen LogP contribution in [0.2, 0.25) is 0 Å². The molecule has 1 aliphatic heterocycles. The molecule has 1 aromatic carbocycles. The standard InChI is InChI=1S/C14H12N2O/c1-2-11-7-14(17)16(9-11)10-13-5-3-4-12(6-13)8-15/h1,3-6,11H,7,9-10H2. The largest absolute Gasteiger partial charge is 0.337 e. The minimum absolute atomic E-state index is 0.0293. The van der Waals surface area contributed by atoms with E-state index in [9.17, 15) is 4.79 Å². The summed E-state index contributed by atoms with van der Waals surface area (Å²) in [7, 11) is 0. The second kappa shape index (κ2) is 4.72. The molecule has 1 aromatic rings. The molecule has 3 heteroatoms. The molecule has 0 saturated carbocycles. The molecule has 0 radical (unpaired) electrons. The van der Waals surface area contributed by atoms with E-state index < -0.39 is 0 Å². The van der Waals surface area contributed by atoms with Crippen LogP contribution in [0.5, 0.6) is 0 Å². The molecule has 1 unspecified atom stereocenters. The number of hydrogen-bond donors (Lipinski definition) is 0. The van der Waals surface area contributed by atoms with E-state index in [1.807, 2.05) is 12.1 Å². The van der Waals surface area contributed by atoms with E-state index in [1.165, 1.54) is 0 Å². The first kappa shape index (κ1) is 11.2. The molecular formula is C14H12N2O. The molecule has 0 spiro atoms. The number of amides is 1. The van der Waals surface area contributed by atoms with Gasteiger partial charge in [-0.1, -0.05) is 12.1 Å². The summed E-state index contributed by atoms with van der Waals surface area (Å²) in [5.41, 5.74) is 1.58. The van der Waals surface area contributed by atoms with Crippen LogP contribution in [0.25, 0.3) is 0 Å². The third-order valence-electron chi connectivity index (χ3n) is 2.88. The lowest BCUT2D eigenvalue weighted by Crippen LogP contribution is -2.24. The van der Waals surface area contributed by atoms with Crippen LogP contribution in [-0.2, 0) is 11.3 Å². The molecule has 1 fully saturated rings. The quantitative estimate of drug-likeness (QED) is 0.715. The van der Waals surface area contributed by atoms with Crippen LogP contribution >= 0.6 is 0 Å². The molecule has 0 aromatic heterocycles. The van der Waals surface area contributed by atoms with Crippen LogP contribution in [0.4, 0.5) is 0 Å². The number of nitriles is 1. The highest BCUT2D eigenvalue weighted by molar-refractivity contribution is 5.79. The summed E-state index contributed by atoms with van der Waals surface area (Å²) in [5.74, 6) is 2.74. The Morgan fingerprint density at radius 1 is 1.53 bits per heavy atom. The third kappa shape index (κ3) is 2.46. The summed E-state index contributed by atoms with van der Waals surface area (Å²) in [5, 5.41) is 8.80. The van der Waals surface area contributed by atoms with Crippen LogP contribution in [0, 0.1) is 29.6 Å². The fraction of sp³-hybridized carbons (Fsp3) is 0.286. The van der Waals surface area contributed by atoms with Gasteiger partial charge in [-0.25, -0.2) is 0 Å². The molecule has 1 heterocycles. The van der Waals surface area contributed by atoms with Crippen LogP contribution in [0.15, 0.2) is 24.3 Å². The van der Waals surface area contributed by atoms with Crippen molar-refractivity contribution in [2.24, 2.45) is 5.92 Å². The van der Waals surface area contributed by atoms with Crippen LogP contribution in [-0.4, -0.2) is 17.4 Å². The van der Waals surface area contributed by atoms with Gasteiger partial charge in [0.25, 0.3) is 0 Å². The first-order chi connectivity index (χ1) is 8.22. The third-order valence-corrected chi connectivity index (χ3v) is 2.88. The monoisotopic (exact) mass is 224 g/mol. The maximum atomic E-state index is 11.7. The van der Waals surface area contributed by atoms with Gasteiger partial charge in [-0.2, -0.15) is 5.26 Å². The topological polar surface area (TPSA) is 44.1 Å². The van der Waals surface area contributed by atoms with Crippen molar-refractivity contribution in [3.8, 4) is 18.4 Å². The van der Waals surface area contributed by atoms with E-state index >= 15 is 0 Å². The van der Waals surface area contributed by atoms with E-state index in [0.717, 1.165) is 5.56 Å². The van der Waals surface area contributed by atoms with Crippen molar-refractivity contribution < 1.29 is 4.79 Å². The van der Waals surface area contributed by atoms with E-state index in [2.05, 4.69) is 12.0 Å². The summed E-state index contributed by atoms with van der Waals surface area (Å²) in [6, 6.07) is 9.38. The van der Waals surface area contributed by atoms with Crippen molar-refractivity contribution in [1.82, 2.24) is 4.90 Å². The van der Waals surface area contributed by atoms with Gasteiger partial charge in [-0.15, -0.1) is 12.3 Å². The molecular weight excluding hydrogens is 212 g/mol. The zero-order valence-electron chi connectivity index (χ0n) is 9.39. The highest BCUT2D eigenvalue weighted by Gasteiger charge is 2.27. The van der Waals surface area contributed by atoms with Gasteiger partial charge in [0.05, 0.1) is 11.6 Å². The van der Waals surface area contributed by atoms with Gasteiger partial charge in [0.2, 0.25) is 5.91 Å². The average Bonchev–Trinajstić information content (AvgIpc) is 2.70. The van der Waals surface area contributed by atoms with Gasteiger partial charge in [0.15, 0.2) is 0 Å². The molecule has 1 atom stereocenters. The maximum Gasteiger partial charge on any atom is 0.224 e. The summed E-state index contributed by atoms with van der Waals surface area (Å²) in [6.07, 6.45) is 5.76. The number of hydrogen-bond acceptors (Lipinski definition) is 2. The predicted octanol–water partition coefficient (Wildman–Crippen LogP) is 1.54. The SMILES string of the molecule is C#CC1CC(=O)N(Cc2cccc(C#N)c2)C1. The Hall–Kier alpha value is -2.26. The molecule has 1 amide bonds. The molecule has 0 N–H and O–H groups in total. The molecule has 2 rings (SSSR count). The second-order valence-corrected chi connectivity index (χ2v) is 4.15. The molecule has 84 valence electrons. The molecule has 3 nitrogen and oxygen atoms in total. The zero-order chi connectivity index (χ0) is 12.3. The Balaban J connectivity index is 2.09.